The number of hydrogen-bond donors (Lipinski definition) is 1. The van der Waals surface area contributed by atoms with Crippen LogP contribution in [0.4, 0.5) is 0 Å². The van der Waals surface area contributed by atoms with E-state index in [2.05, 4.69) is 35.2 Å². The van der Waals surface area contributed by atoms with Crippen LogP contribution in [0.1, 0.15) is 56.6 Å². The molecule has 1 fully saturated rings. The maximum Gasteiger partial charge on any atom is 0.230 e. The second-order valence-corrected chi connectivity index (χ2v) is 7.09. The highest BCUT2D eigenvalue weighted by molar-refractivity contribution is 8.00. The van der Waals surface area contributed by atoms with Gasteiger partial charge in [-0.2, -0.15) is 5.26 Å². The normalized spacial score (nSPS) is 15.5. The standard InChI is InChI=1S/C16H22N4OS/c1-9(2)10(3)18-14(21)8-22-16-13(7-17)11(4)19-15(20-16)12-5-6-12/h9-10,12H,5-6,8H2,1-4H3,(H,18,21). The molecule has 118 valence electrons. The molecule has 1 aliphatic rings. The van der Waals surface area contributed by atoms with Crippen molar-refractivity contribution in [2.24, 2.45) is 5.92 Å². The predicted octanol–water partition coefficient (Wildman–Crippen LogP) is 2.79. The van der Waals surface area contributed by atoms with E-state index >= 15 is 0 Å². The fourth-order valence-electron chi connectivity index (χ4n) is 1.92. The second kappa shape index (κ2) is 7.10. The molecule has 0 spiro atoms. The Morgan fingerprint density at radius 2 is 2.09 bits per heavy atom. The molecule has 0 aromatic carbocycles. The van der Waals surface area contributed by atoms with Gasteiger partial charge in [0, 0.05) is 12.0 Å². The van der Waals surface area contributed by atoms with Gasteiger partial charge in [0.1, 0.15) is 22.5 Å². The van der Waals surface area contributed by atoms with Crippen molar-refractivity contribution >= 4 is 17.7 Å². The average Bonchev–Trinajstić information content (AvgIpc) is 3.28. The molecule has 1 atom stereocenters. The Morgan fingerprint density at radius 3 is 2.64 bits per heavy atom. The summed E-state index contributed by atoms with van der Waals surface area (Å²) in [6, 6.07) is 2.29. The van der Waals surface area contributed by atoms with Crippen LogP contribution in [0.3, 0.4) is 0 Å². The summed E-state index contributed by atoms with van der Waals surface area (Å²) in [6.45, 7) is 7.97. The lowest BCUT2D eigenvalue weighted by Crippen LogP contribution is -2.37. The molecule has 1 amide bonds. The fourth-order valence-corrected chi connectivity index (χ4v) is 2.77. The van der Waals surface area contributed by atoms with Crippen LogP contribution < -0.4 is 5.32 Å². The quantitative estimate of drug-likeness (QED) is 0.644. The van der Waals surface area contributed by atoms with E-state index in [-0.39, 0.29) is 17.7 Å². The highest BCUT2D eigenvalue weighted by atomic mass is 32.2. The summed E-state index contributed by atoms with van der Waals surface area (Å²) in [5.74, 6) is 1.88. The van der Waals surface area contributed by atoms with Crippen LogP contribution in [0.25, 0.3) is 0 Å². The summed E-state index contributed by atoms with van der Waals surface area (Å²) < 4.78 is 0. The van der Waals surface area contributed by atoms with Crippen LogP contribution in [0.2, 0.25) is 0 Å². The number of nitrogens with one attached hydrogen (secondary N) is 1. The lowest BCUT2D eigenvalue weighted by molar-refractivity contribution is -0.119. The van der Waals surface area contributed by atoms with Gasteiger partial charge in [0.2, 0.25) is 5.91 Å². The van der Waals surface area contributed by atoms with Crippen LogP contribution in [0.15, 0.2) is 5.03 Å². The molecule has 1 unspecified atom stereocenters. The highest BCUT2D eigenvalue weighted by Crippen LogP contribution is 2.39. The maximum atomic E-state index is 12.0. The topological polar surface area (TPSA) is 78.7 Å². The van der Waals surface area contributed by atoms with E-state index in [1.165, 1.54) is 11.8 Å². The molecule has 1 heterocycles. The number of rotatable bonds is 6. The summed E-state index contributed by atoms with van der Waals surface area (Å²) in [5, 5.41) is 12.9. The van der Waals surface area contributed by atoms with E-state index in [1.807, 2.05) is 13.8 Å². The third-order valence-electron chi connectivity index (χ3n) is 3.86. The minimum absolute atomic E-state index is 0.0284. The number of nitrogens with zero attached hydrogens (tertiary/aromatic N) is 3. The number of nitriles is 1. The molecule has 1 aromatic rings. The first-order valence-corrected chi connectivity index (χ1v) is 8.61. The van der Waals surface area contributed by atoms with Gasteiger partial charge in [-0.05, 0) is 32.6 Å². The largest absolute Gasteiger partial charge is 0.353 e. The van der Waals surface area contributed by atoms with E-state index in [1.54, 1.807) is 0 Å². The first-order valence-electron chi connectivity index (χ1n) is 7.63. The fraction of sp³-hybridized carbons (Fsp3) is 0.625. The van der Waals surface area contributed by atoms with E-state index in [9.17, 15) is 10.1 Å². The minimum atomic E-state index is -0.0284. The van der Waals surface area contributed by atoms with Gasteiger partial charge in [-0.1, -0.05) is 25.6 Å². The molecule has 1 aliphatic carbocycles. The highest BCUT2D eigenvalue weighted by Gasteiger charge is 2.28. The van der Waals surface area contributed by atoms with Crippen molar-refractivity contribution < 1.29 is 4.79 Å². The van der Waals surface area contributed by atoms with Crippen molar-refractivity contribution in [3.63, 3.8) is 0 Å². The van der Waals surface area contributed by atoms with E-state index in [0.717, 1.165) is 18.7 Å². The summed E-state index contributed by atoms with van der Waals surface area (Å²) in [5.41, 5.74) is 1.19. The number of carbonyl (C=O) groups excluding carboxylic acids is 1. The Labute approximate surface area is 135 Å². The molecule has 1 N–H and O–H groups in total. The molecule has 5 nitrogen and oxygen atoms in total. The summed E-state index contributed by atoms with van der Waals surface area (Å²) >= 11 is 1.32. The predicted molar refractivity (Wildman–Crippen MR) is 86.6 cm³/mol. The van der Waals surface area contributed by atoms with Gasteiger partial charge in [-0.3, -0.25) is 4.79 Å². The molecule has 0 bridgehead atoms. The second-order valence-electron chi connectivity index (χ2n) is 6.12. The zero-order valence-electron chi connectivity index (χ0n) is 13.5. The SMILES string of the molecule is Cc1nc(C2CC2)nc(SCC(=O)NC(C)C(C)C)c1C#N. The number of carbonyl (C=O) groups is 1. The smallest absolute Gasteiger partial charge is 0.230 e. The molecule has 1 saturated carbocycles. The first kappa shape index (κ1) is 16.8. The van der Waals surface area contributed by atoms with Crippen LogP contribution in [-0.2, 0) is 4.79 Å². The van der Waals surface area contributed by atoms with Gasteiger partial charge in [0.05, 0.1) is 11.4 Å². The van der Waals surface area contributed by atoms with Crippen LogP contribution >= 0.6 is 11.8 Å². The molecular weight excluding hydrogens is 296 g/mol. The van der Waals surface area contributed by atoms with Crippen molar-refractivity contribution in [1.29, 1.82) is 5.26 Å². The average molecular weight is 318 g/mol. The molecular formula is C16H22N4OS. The van der Waals surface area contributed by atoms with Gasteiger partial charge in [0.15, 0.2) is 0 Å². The third-order valence-corrected chi connectivity index (χ3v) is 4.83. The number of aryl methyl sites for hydroxylation is 1. The maximum absolute atomic E-state index is 12.0. The zero-order valence-corrected chi connectivity index (χ0v) is 14.3. The molecule has 0 radical (unpaired) electrons. The van der Waals surface area contributed by atoms with Gasteiger partial charge in [0.25, 0.3) is 0 Å². The van der Waals surface area contributed by atoms with Gasteiger partial charge >= 0.3 is 0 Å². The summed E-state index contributed by atoms with van der Waals surface area (Å²) in [4.78, 5) is 20.9. The molecule has 22 heavy (non-hydrogen) atoms. The van der Waals surface area contributed by atoms with Crippen molar-refractivity contribution in [2.45, 2.75) is 57.5 Å². The minimum Gasteiger partial charge on any atom is -0.353 e. The Bertz CT molecular complexity index is 605. The van der Waals surface area contributed by atoms with E-state index < -0.39 is 0 Å². The molecule has 2 rings (SSSR count). The number of hydrogen-bond acceptors (Lipinski definition) is 5. The zero-order chi connectivity index (χ0) is 16.3. The Hall–Kier alpha value is -1.61. The van der Waals surface area contributed by atoms with Gasteiger partial charge in [-0.25, -0.2) is 9.97 Å². The van der Waals surface area contributed by atoms with Crippen LogP contribution in [-0.4, -0.2) is 27.7 Å². The third kappa shape index (κ3) is 4.20. The van der Waals surface area contributed by atoms with Crippen molar-refractivity contribution in [1.82, 2.24) is 15.3 Å². The summed E-state index contributed by atoms with van der Waals surface area (Å²) in [7, 11) is 0. The Morgan fingerprint density at radius 1 is 1.41 bits per heavy atom. The first-order chi connectivity index (χ1) is 10.4. The van der Waals surface area contributed by atoms with E-state index in [0.29, 0.717) is 28.1 Å². The Kier molecular flexibility index (Phi) is 5.41. The van der Waals surface area contributed by atoms with Crippen LogP contribution in [0, 0.1) is 24.2 Å². The Balaban J connectivity index is 2.05. The van der Waals surface area contributed by atoms with Crippen molar-refractivity contribution in [2.75, 3.05) is 5.75 Å². The van der Waals surface area contributed by atoms with Gasteiger partial charge in [-0.15, -0.1) is 0 Å². The van der Waals surface area contributed by atoms with Crippen molar-refractivity contribution in [3.05, 3.63) is 17.1 Å². The van der Waals surface area contributed by atoms with Crippen LogP contribution in [0.5, 0.6) is 0 Å². The van der Waals surface area contributed by atoms with E-state index in [4.69, 9.17) is 0 Å². The monoisotopic (exact) mass is 318 g/mol. The number of thioether (sulfide) groups is 1. The van der Waals surface area contributed by atoms with Crippen molar-refractivity contribution in [3.8, 4) is 6.07 Å². The van der Waals surface area contributed by atoms with Gasteiger partial charge < -0.3 is 5.32 Å². The number of aromatic nitrogens is 2. The lowest BCUT2D eigenvalue weighted by atomic mass is 10.1. The lowest BCUT2D eigenvalue weighted by Gasteiger charge is -2.17. The molecule has 0 aliphatic heterocycles. The number of amides is 1. The molecule has 0 saturated heterocycles. The molecule has 6 heteroatoms. The summed E-state index contributed by atoms with van der Waals surface area (Å²) in [6.07, 6.45) is 2.23. The molecule has 1 aromatic heterocycles.